The molecule has 2 rings (SSSR count). The van der Waals surface area contributed by atoms with E-state index < -0.39 is 0 Å². The van der Waals surface area contributed by atoms with E-state index in [4.69, 9.17) is 15.2 Å². The Bertz CT molecular complexity index is 429. The first-order valence-corrected chi connectivity index (χ1v) is 7.15. The Balaban J connectivity index is 1.76. The number of likely N-dealkylation sites (tertiary alicyclic amines) is 1. The van der Waals surface area contributed by atoms with Crippen molar-refractivity contribution in [1.29, 1.82) is 0 Å². The van der Waals surface area contributed by atoms with Gasteiger partial charge in [-0.1, -0.05) is 0 Å². The van der Waals surface area contributed by atoms with Crippen LogP contribution in [0.15, 0.2) is 28.9 Å². The molecular formula is C14H23FN4O2. The Labute approximate surface area is 124 Å². The Morgan fingerprint density at radius 2 is 2.33 bits per heavy atom. The molecule has 21 heavy (non-hydrogen) atoms. The summed E-state index contributed by atoms with van der Waals surface area (Å²) >= 11 is 0. The van der Waals surface area contributed by atoms with Crippen molar-refractivity contribution in [2.24, 2.45) is 10.7 Å². The van der Waals surface area contributed by atoms with Gasteiger partial charge in [-0.15, -0.1) is 0 Å². The first-order valence-electron chi connectivity index (χ1n) is 7.15. The zero-order valence-electron chi connectivity index (χ0n) is 12.3. The van der Waals surface area contributed by atoms with Crippen molar-refractivity contribution in [2.75, 3.05) is 39.9 Å². The Morgan fingerprint density at radius 1 is 1.57 bits per heavy atom. The number of hydrogen-bond acceptors (Lipinski definition) is 6. The number of hydrogen-bond donors (Lipinski definition) is 2. The van der Waals surface area contributed by atoms with Gasteiger partial charge in [-0.05, 0) is 12.8 Å². The summed E-state index contributed by atoms with van der Waals surface area (Å²) < 4.78 is 23.2. The molecule has 0 aromatic rings. The van der Waals surface area contributed by atoms with Crippen LogP contribution in [0.4, 0.5) is 4.39 Å². The van der Waals surface area contributed by atoms with Crippen molar-refractivity contribution >= 4 is 5.96 Å². The van der Waals surface area contributed by atoms with Gasteiger partial charge in [0, 0.05) is 38.5 Å². The smallest absolute Gasteiger partial charge is 0.198 e. The highest BCUT2D eigenvalue weighted by Crippen LogP contribution is 2.14. The van der Waals surface area contributed by atoms with E-state index in [1.165, 1.54) is 0 Å². The highest BCUT2D eigenvalue weighted by atomic mass is 19.1. The lowest BCUT2D eigenvalue weighted by Gasteiger charge is -2.34. The standard InChI is InChI=1S/C14H23FN4O2/c1-20-12-2-4-19(5-3-12)14-17-8-13(9-18-14)21-10-11(6-15)7-16/h6,8,12H,2-5,7,9-10,16H2,1H3,(H,17,18)/b11-6+. The fraction of sp³-hybridized carbons (Fsp3) is 0.643. The third kappa shape index (κ3) is 4.44. The minimum Gasteiger partial charge on any atom is -0.490 e. The Hall–Kier alpha value is -1.60. The van der Waals surface area contributed by atoms with Crippen LogP contribution in [0.1, 0.15) is 12.8 Å². The third-order valence-corrected chi connectivity index (χ3v) is 3.68. The summed E-state index contributed by atoms with van der Waals surface area (Å²) in [4.78, 5) is 6.67. The van der Waals surface area contributed by atoms with Crippen LogP contribution in [-0.4, -0.2) is 56.9 Å². The normalized spacial score (nSPS) is 20.7. The maximum absolute atomic E-state index is 12.4. The predicted octanol–water partition coefficient (Wildman–Crippen LogP) is 0.727. The van der Waals surface area contributed by atoms with Gasteiger partial charge in [0.25, 0.3) is 0 Å². The van der Waals surface area contributed by atoms with Crippen molar-refractivity contribution in [2.45, 2.75) is 18.9 Å². The molecule has 0 aromatic carbocycles. The van der Waals surface area contributed by atoms with E-state index in [1.807, 2.05) is 0 Å². The molecule has 0 unspecified atom stereocenters. The minimum absolute atomic E-state index is 0.153. The predicted molar refractivity (Wildman–Crippen MR) is 79.3 cm³/mol. The average Bonchev–Trinajstić information content (AvgIpc) is 2.56. The van der Waals surface area contributed by atoms with Crippen LogP contribution in [0, 0.1) is 0 Å². The van der Waals surface area contributed by atoms with Gasteiger partial charge in [0.2, 0.25) is 0 Å². The number of aliphatic imine (C=N–C) groups is 1. The van der Waals surface area contributed by atoms with Crippen LogP contribution < -0.4 is 11.1 Å². The van der Waals surface area contributed by atoms with E-state index in [0.29, 0.717) is 30.3 Å². The highest BCUT2D eigenvalue weighted by Gasteiger charge is 2.22. The number of piperidine rings is 1. The van der Waals surface area contributed by atoms with Crippen LogP contribution >= 0.6 is 0 Å². The lowest BCUT2D eigenvalue weighted by atomic mass is 10.1. The molecule has 0 saturated carbocycles. The number of nitrogens with zero attached hydrogens (tertiary/aromatic N) is 2. The van der Waals surface area contributed by atoms with Crippen molar-refractivity contribution in [1.82, 2.24) is 10.2 Å². The number of nitrogens with one attached hydrogen (secondary N) is 1. The molecule has 118 valence electrons. The first kappa shape index (κ1) is 15.8. The van der Waals surface area contributed by atoms with Gasteiger partial charge >= 0.3 is 0 Å². The molecule has 0 atom stereocenters. The molecule has 0 spiro atoms. The van der Waals surface area contributed by atoms with Gasteiger partial charge < -0.3 is 25.4 Å². The molecule has 0 bridgehead atoms. The number of nitrogens with two attached hydrogens (primary N) is 1. The molecule has 6 nitrogen and oxygen atoms in total. The monoisotopic (exact) mass is 298 g/mol. The molecule has 0 aromatic heterocycles. The third-order valence-electron chi connectivity index (χ3n) is 3.68. The molecule has 0 aliphatic carbocycles. The fourth-order valence-electron chi connectivity index (χ4n) is 2.29. The summed E-state index contributed by atoms with van der Waals surface area (Å²) in [6.45, 7) is 2.62. The summed E-state index contributed by atoms with van der Waals surface area (Å²) in [5, 5.41) is 3.14. The molecule has 2 aliphatic rings. The lowest BCUT2D eigenvalue weighted by Crippen LogP contribution is -2.46. The Kier molecular flexibility index (Phi) is 6.01. The molecule has 1 fully saturated rings. The molecule has 2 aliphatic heterocycles. The molecule has 7 heteroatoms. The van der Waals surface area contributed by atoms with E-state index in [0.717, 1.165) is 31.9 Å². The van der Waals surface area contributed by atoms with Crippen molar-refractivity contribution in [3.05, 3.63) is 23.9 Å². The van der Waals surface area contributed by atoms with E-state index in [9.17, 15) is 4.39 Å². The molecule has 0 radical (unpaired) electrons. The summed E-state index contributed by atoms with van der Waals surface area (Å²) in [7, 11) is 1.75. The molecule has 3 N–H and O–H groups in total. The molecular weight excluding hydrogens is 275 g/mol. The number of guanidine groups is 1. The maximum atomic E-state index is 12.4. The second-order valence-corrected chi connectivity index (χ2v) is 5.08. The number of methoxy groups -OCH3 is 1. The van der Waals surface area contributed by atoms with E-state index >= 15 is 0 Å². The summed E-state index contributed by atoms with van der Waals surface area (Å²) in [6.07, 6.45) is 4.63. The SMILES string of the molecule is COC1CCN(C2=NCC(OC/C(=C/F)CN)=CN2)CC1. The summed E-state index contributed by atoms with van der Waals surface area (Å²) in [5.41, 5.74) is 5.80. The second kappa shape index (κ2) is 7.99. The molecule has 1 saturated heterocycles. The van der Waals surface area contributed by atoms with Gasteiger partial charge in [0.15, 0.2) is 5.96 Å². The van der Waals surface area contributed by atoms with E-state index in [2.05, 4.69) is 15.2 Å². The van der Waals surface area contributed by atoms with Crippen LogP contribution in [0.5, 0.6) is 0 Å². The topological polar surface area (TPSA) is 72.1 Å². The largest absolute Gasteiger partial charge is 0.490 e. The van der Waals surface area contributed by atoms with E-state index in [-0.39, 0.29) is 13.2 Å². The summed E-state index contributed by atoms with van der Waals surface area (Å²) in [6, 6.07) is 0. The van der Waals surface area contributed by atoms with E-state index in [1.54, 1.807) is 13.3 Å². The highest BCUT2D eigenvalue weighted by molar-refractivity contribution is 5.82. The van der Waals surface area contributed by atoms with Gasteiger partial charge in [-0.2, -0.15) is 0 Å². The molecule has 2 heterocycles. The van der Waals surface area contributed by atoms with Crippen molar-refractivity contribution in [3.63, 3.8) is 0 Å². The van der Waals surface area contributed by atoms with Crippen LogP contribution in [0.25, 0.3) is 0 Å². The van der Waals surface area contributed by atoms with Gasteiger partial charge in [0.05, 0.1) is 12.4 Å². The van der Waals surface area contributed by atoms with Crippen molar-refractivity contribution < 1.29 is 13.9 Å². The summed E-state index contributed by atoms with van der Waals surface area (Å²) in [5.74, 6) is 1.54. The van der Waals surface area contributed by atoms with Crippen LogP contribution in [0.3, 0.4) is 0 Å². The average molecular weight is 298 g/mol. The quantitative estimate of drug-likeness (QED) is 0.783. The second-order valence-electron chi connectivity index (χ2n) is 5.08. The van der Waals surface area contributed by atoms with Crippen LogP contribution in [-0.2, 0) is 9.47 Å². The fourth-order valence-corrected chi connectivity index (χ4v) is 2.29. The van der Waals surface area contributed by atoms with Gasteiger partial charge in [-0.25, -0.2) is 9.38 Å². The number of ether oxygens (including phenoxy) is 2. The van der Waals surface area contributed by atoms with Crippen LogP contribution in [0.2, 0.25) is 0 Å². The van der Waals surface area contributed by atoms with Gasteiger partial charge in [0.1, 0.15) is 18.9 Å². The maximum Gasteiger partial charge on any atom is 0.198 e. The number of rotatable bonds is 5. The Morgan fingerprint density at radius 3 is 2.86 bits per heavy atom. The molecule has 0 amide bonds. The zero-order chi connectivity index (χ0) is 15.1. The number of halogens is 1. The first-order chi connectivity index (χ1) is 10.3. The lowest BCUT2D eigenvalue weighted by molar-refractivity contribution is 0.0571. The van der Waals surface area contributed by atoms with Gasteiger partial charge in [-0.3, -0.25) is 0 Å². The minimum atomic E-state index is 0.153. The zero-order valence-corrected chi connectivity index (χ0v) is 12.3. The van der Waals surface area contributed by atoms with Crippen molar-refractivity contribution in [3.8, 4) is 0 Å².